The van der Waals surface area contributed by atoms with Crippen molar-refractivity contribution in [3.8, 4) is 0 Å². The van der Waals surface area contributed by atoms with Gasteiger partial charge in [0.25, 0.3) is 0 Å². The number of hydrogen-bond donors (Lipinski definition) is 3. The summed E-state index contributed by atoms with van der Waals surface area (Å²) >= 11 is 0. The zero-order valence-corrected chi connectivity index (χ0v) is 12.6. The fourth-order valence-corrected chi connectivity index (χ4v) is 2.46. The summed E-state index contributed by atoms with van der Waals surface area (Å²) in [6, 6.07) is -0.451. The molecule has 2 amide bonds. The van der Waals surface area contributed by atoms with Gasteiger partial charge in [0, 0.05) is 12.1 Å². The largest absolute Gasteiger partial charge is 0.481 e. The van der Waals surface area contributed by atoms with E-state index in [2.05, 4.69) is 22.8 Å². The molecule has 0 heterocycles. The molecule has 20 heavy (non-hydrogen) atoms. The third kappa shape index (κ3) is 7.16. The number of carboxylic acid groups (broad SMARTS) is 1. The van der Waals surface area contributed by atoms with Crippen molar-refractivity contribution < 1.29 is 14.7 Å². The van der Waals surface area contributed by atoms with Crippen LogP contribution in [0.5, 0.6) is 0 Å². The molecular formula is C15H26N2O3. The van der Waals surface area contributed by atoms with Crippen molar-refractivity contribution in [2.75, 3.05) is 0 Å². The maximum Gasteiger partial charge on any atom is 0.315 e. The molecule has 5 nitrogen and oxygen atoms in total. The molecule has 0 fully saturated rings. The van der Waals surface area contributed by atoms with Crippen molar-refractivity contribution in [1.82, 2.24) is 10.6 Å². The topological polar surface area (TPSA) is 78.4 Å². The smallest absolute Gasteiger partial charge is 0.315 e. The SMILES string of the molecule is CC(C)(C)CC(CC(=O)O)NC(=O)NC1CC=CCC1. The third-order valence-corrected chi connectivity index (χ3v) is 3.22. The average Bonchev–Trinajstić information content (AvgIpc) is 2.26. The molecule has 3 N–H and O–H groups in total. The highest BCUT2D eigenvalue weighted by Crippen LogP contribution is 2.22. The number of hydrogen-bond acceptors (Lipinski definition) is 2. The molecule has 114 valence electrons. The Morgan fingerprint density at radius 1 is 1.35 bits per heavy atom. The van der Waals surface area contributed by atoms with Gasteiger partial charge in [-0.25, -0.2) is 4.79 Å². The number of aliphatic carboxylic acids is 1. The fourth-order valence-electron chi connectivity index (χ4n) is 2.46. The van der Waals surface area contributed by atoms with E-state index in [0.29, 0.717) is 6.42 Å². The second kappa shape index (κ2) is 7.31. The molecule has 1 rings (SSSR count). The third-order valence-electron chi connectivity index (χ3n) is 3.22. The number of nitrogens with one attached hydrogen (secondary N) is 2. The van der Waals surface area contributed by atoms with E-state index in [-0.39, 0.29) is 30.0 Å². The van der Waals surface area contributed by atoms with Crippen LogP contribution in [0.1, 0.15) is 52.9 Å². The Labute approximate surface area is 120 Å². The van der Waals surface area contributed by atoms with Crippen LogP contribution in [0.4, 0.5) is 4.79 Å². The van der Waals surface area contributed by atoms with Crippen LogP contribution in [0.3, 0.4) is 0 Å². The van der Waals surface area contributed by atoms with Gasteiger partial charge in [0.05, 0.1) is 6.42 Å². The lowest BCUT2D eigenvalue weighted by Gasteiger charge is -2.27. The van der Waals surface area contributed by atoms with E-state index in [9.17, 15) is 9.59 Å². The van der Waals surface area contributed by atoms with Crippen molar-refractivity contribution in [2.24, 2.45) is 5.41 Å². The van der Waals surface area contributed by atoms with Gasteiger partial charge in [-0.1, -0.05) is 32.9 Å². The molecule has 2 unspecified atom stereocenters. The van der Waals surface area contributed by atoms with Gasteiger partial charge in [-0.15, -0.1) is 0 Å². The van der Waals surface area contributed by atoms with E-state index < -0.39 is 5.97 Å². The first-order valence-electron chi connectivity index (χ1n) is 7.20. The summed E-state index contributed by atoms with van der Waals surface area (Å²) in [5, 5.41) is 14.6. The molecule has 0 radical (unpaired) electrons. The Morgan fingerprint density at radius 2 is 2.05 bits per heavy atom. The Hall–Kier alpha value is -1.52. The monoisotopic (exact) mass is 282 g/mol. The van der Waals surface area contributed by atoms with Crippen molar-refractivity contribution in [3.05, 3.63) is 12.2 Å². The van der Waals surface area contributed by atoms with E-state index in [1.807, 2.05) is 20.8 Å². The van der Waals surface area contributed by atoms with Crippen LogP contribution in [0.25, 0.3) is 0 Å². The van der Waals surface area contributed by atoms with Gasteiger partial charge < -0.3 is 15.7 Å². The second-order valence-electron chi connectivity index (χ2n) is 6.66. The molecule has 0 aromatic rings. The highest BCUT2D eigenvalue weighted by Gasteiger charge is 2.23. The normalized spacial score (nSPS) is 20.2. The quantitative estimate of drug-likeness (QED) is 0.678. The Bertz CT molecular complexity index is 372. The lowest BCUT2D eigenvalue weighted by Crippen LogP contribution is -2.48. The van der Waals surface area contributed by atoms with Crippen LogP contribution in [-0.4, -0.2) is 29.2 Å². The van der Waals surface area contributed by atoms with Crippen LogP contribution in [0.2, 0.25) is 0 Å². The summed E-state index contributed by atoms with van der Waals surface area (Å²) in [6.07, 6.45) is 7.53. The maximum absolute atomic E-state index is 11.9. The molecule has 0 saturated heterocycles. The fraction of sp³-hybridized carbons (Fsp3) is 0.733. The Kier molecular flexibility index (Phi) is 6.05. The molecule has 0 spiro atoms. The molecule has 0 aliphatic heterocycles. The summed E-state index contributed by atoms with van der Waals surface area (Å²) < 4.78 is 0. The number of carboxylic acids is 1. The standard InChI is InChI=1S/C15H26N2O3/c1-15(2,3)10-12(9-13(18)19)17-14(20)16-11-7-5-4-6-8-11/h4-5,11-12H,6-10H2,1-3H3,(H,18,19)(H2,16,17,20). The van der Waals surface area contributed by atoms with Crippen LogP contribution >= 0.6 is 0 Å². The van der Waals surface area contributed by atoms with E-state index in [0.717, 1.165) is 19.3 Å². The van der Waals surface area contributed by atoms with Gasteiger partial charge >= 0.3 is 12.0 Å². The zero-order chi connectivity index (χ0) is 15.2. The average molecular weight is 282 g/mol. The highest BCUT2D eigenvalue weighted by atomic mass is 16.4. The summed E-state index contributed by atoms with van der Waals surface area (Å²) in [5.41, 5.74) is -0.0268. The molecule has 0 saturated carbocycles. The Morgan fingerprint density at radius 3 is 2.55 bits per heavy atom. The molecule has 0 aromatic carbocycles. The van der Waals surface area contributed by atoms with Crippen molar-refractivity contribution in [2.45, 2.75) is 65.0 Å². The minimum atomic E-state index is -0.889. The van der Waals surface area contributed by atoms with Crippen LogP contribution in [0, 0.1) is 5.41 Å². The molecule has 2 atom stereocenters. The predicted octanol–water partition coefficient (Wildman–Crippen LogP) is 2.67. The first kappa shape index (κ1) is 16.5. The molecule has 1 aliphatic carbocycles. The van der Waals surface area contributed by atoms with Gasteiger partial charge in [0.15, 0.2) is 0 Å². The molecule has 1 aliphatic rings. The van der Waals surface area contributed by atoms with Crippen molar-refractivity contribution >= 4 is 12.0 Å². The number of urea groups is 1. The molecule has 0 aromatic heterocycles. The Balaban J connectivity index is 2.48. The summed E-state index contributed by atoms with van der Waals surface area (Å²) in [5.74, 6) is -0.889. The van der Waals surface area contributed by atoms with Gasteiger partial charge in [-0.05, 0) is 31.1 Å². The van der Waals surface area contributed by atoms with Crippen LogP contribution in [0.15, 0.2) is 12.2 Å². The van der Waals surface area contributed by atoms with Crippen LogP contribution in [-0.2, 0) is 4.79 Å². The van der Waals surface area contributed by atoms with E-state index in [1.165, 1.54) is 0 Å². The van der Waals surface area contributed by atoms with E-state index in [1.54, 1.807) is 0 Å². The number of carbonyl (C=O) groups is 2. The van der Waals surface area contributed by atoms with Crippen LogP contribution < -0.4 is 10.6 Å². The predicted molar refractivity (Wildman–Crippen MR) is 78.6 cm³/mol. The molecular weight excluding hydrogens is 256 g/mol. The first-order valence-corrected chi connectivity index (χ1v) is 7.20. The van der Waals surface area contributed by atoms with Gasteiger partial charge in [0.2, 0.25) is 0 Å². The maximum atomic E-state index is 11.9. The van der Waals surface area contributed by atoms with Crippen molar-refractivity contribution in [1.29, 1.82) is 0 Å². The number of allylic oxidation sites excluding steroid dienone is 1. The number of rotatable bonds is 5. The minimum absolute atomic E-state index is 0.0268. The minimum Gasteiger partial charge on any atom is -0.481 e. The lowest BCUT2D eigenvalue weighted by atomic mass is 9.87. The lowest BCUT2D eigenvalue weighted by molar-refractivity contribution is -0.137. The molecule has 5 heteroatoms. The highest BCUT2D eigenvalue weighted by molar-refractivity contribution is 5.76. The van der Waals surface area contributed by atoms with Gasteiger partial charge in [0.1, 0.15) is 0 Å². The summed E-state index contributed by atoms with van der Waals surface area (Å²) in [7, 11) is 0. The van der Waals surface area contributed by atoms with Crippen molar-refractivity contribution in [3.63, 3.8) is 0 Å². The summed E-state index contributed by atoms with van der Waals surface area (Å²) in [4.78, 5) is 22.8. The zero-order valence-electron chi connectivity index (χ0n) is 12.6. The van der Waals surface area contributed by atoms with Gasteiger partial charge in [-0.3, -0.25) is 4.79 Å². The first-order chi connectivity index (χ1) is 9.26. The van der Waals surface area contributed by atoms with E-state index in [4.69, 9.17) is 5.11 Å². The number of amides is 2. The summed E-state index contributed by atoms with van der Waals surface area (Å²) in [6.45, 7) is 6.11. The second-order valence-corrected chi connectivity index (χ2v) is 6.66. The molecule has 0 bridgehead atoms. The van der Waals surface area contributed by atoms with E-state index >= 15 is 0 Å². The van der Waals surface area contributed by atoms with Gasteiger partial charge in [-0.2, -0.15) is 0 Å². The number of carbonyl (C=O) groups excluding carboxylic acids is 1.